The molecule has 1 saturated carbocycles. The van der Waals surface area contributed by atoms with Gasteiger partial charge in [-0.05, 0) is 38.1 Å². The van der Waals surface area contributed by atoms with Crippen molar-refractivity contribution < 1.29 is 4.52 Å². The average molecular weight is 279 g/mol. The third-order valence-corrected chi connectivity index (χ3v) is 4.56. The van der Waals surface area contributed by atoms with Crippen LogP contribution in [0.25, 0.3) is 0 Å². The summed E-state index contributed by atoms with van der Waals surface area (Å²) >= 11 is 0. The first-order chi connectivity index (χ1) is 9.74. The van der Waals surface area contributed by atoms with Crippen LogP contribution in [0.5, 0.6) is 0 Å². The van der Waals surface area contributed by atoms with E-state index in [-0.39, 0.29) is 0 Å². The zero-order valence-corrected chi connectivity index (χ0v) is 13.2. The molecule has 1 aliphatic rings. The van der Waals surface area contributed by atoms with Crippen molar-refractivity contribution in [3.05, 3.63) is 11.7 Å². The molecular formula is C16H29N3O. The first-order valence-electron chi connectivity index (χ1n) is 8.30. The summed E-state index contributed by atoms with van der Waals surface area (Å²) in [7, 11) is 0. The van der Waals surface area contributed by atoms with Gasteiger partial charge in [0.1, 0.15) is 0 Å². The van der Waals surface area contributed by atoms with Crippen molar-refractivity contribution in [1.29, 1.82) is 0 Å². The molecule has 0 aromatic carbocycles. The lowest BCUT2D eigenvalue weighted by atomic mass is 9.95. The smallest absolute Gasteiger partial charge is 0.228 e. The second kappa shape index (κ2) is 7.77. The highest BCUT2D eigenvalue weighted by atomic mass is 16.5. The summed E-state index contributed by atoms with van der Waals surface area (Å²) < 4.78 is 5.46. The standard InChI is InChI=1S/C16H29N3O/c1-4-10-17-14(13-8-6-7-9-13)11-15-18-16(19-20-15)12(3)5-2/h12-14,17H,4-11H2,1-3H3. The Balaban J connectivity index is 1.97. The summed E-state index contributed by atoms with van der Waals surface area (Å²) in [6.07, 6.45) is 8.54. The molecule has 0 spiro atoms. The van der Waals surface area contributed by atoms with E-state index in [4.69, 9.17) is 4.52 Å². The lowest BCUT2D eigenvalue weighted by Gasteiger charge is -2.23. The van der Waals surface area contributed by atoms with Gasteiger partial charge in [-0.2, -0.15) is 4.98 Å². The van der Waals surface area contributed by atoms with Crippen molar-refractivity contribution >= 4 is 0 Å². The van der Waals surface area contributed by atoms with Gasteiger partial charge < -0.3 is 9.84 Å². The number of rotatable bonds is 8. The van der Waals surface area contributed by atoms with Gasteiger partial charge in [-0.15, -0.1) is 0 Å². The van der Waals surface area contributed by atoms with E-state index in [0.29, 0.717) is 12.0 Å². The Morgan fingerprint density at radius 3 is 2.70 bits per heavy atom. The molecule has 2 rings (SSSR count). The SMILES string of the molecule is CCCNC(Cc1nc(C(C)CC)no1)C1CCCC1. The van der Waals surface area contributed by atoms with E-state index in [9.17, 15) is 0 Å². The highest BCUT2D eigenvalue weighted by molar-refractivity contribution is 4.96. The summed E-state index contributed by atoms with van der Waals surface area (Å²) in [5.74, 6) is 2.84. The zero-order valence-electron chi connectivity index (χ0n) is 13.2. The number of hydrogen-bond donors (Lipinski definition) is 1. The van der Waals surface area contributed by atoms with E-state index in [1.807, 2.05) is 0 Å². The Labute approximate surface area is 122 Å². The second-order valence-electron chi connectivity index (χ2n) is 6.16. The van der Waals surface area contributed by atoms with Gasteiger partial charge in [-0.3, -0.25) is 0 Å². The summed E-state index contributed by atoms with van der Waals surface area (Å²) in [4.78, 5) is 4.58. The molecule has 0 amide bonds. The van der Waals surface area contributed by atoms with Crippen molar-refractivity contribution in [2.24, 2.45) is 5.92 Å². The van der Waals surface area contributed by atoms with Crippen LogP contribution in [0.2, 0.25) is 0 Å². The van der Waals surface area contributed by atoms with Crippen molar-refractivity contribution in [2.45, 2.75) is 77.7 Å². The fourth-order valence-electron chi connectivity index (χ4n) is 3.02. The van der Waals surface area contributed by atoms with Gasteiger partial charge in [-0.1, -0.05) is 38.8 Å². The number of nitrogens with zero attached hydrogens (tertiary/aromatic N) is 2. The van der Waals surface area contributed by atoms with Crippen LogP contribution >= 0.6 is 0 Å². The molecule has 1 aliphatic carbocycles. The molecule has 1 fully saturated rings. The predicted octanol–water partition coefficient (Wildman–Crippen LogP) is 3.68. The molecule has 4 nitrogen and oxygen atoms in total. The minimum Gasteiger partial charge on any atom is -0.339 e. The molecule has 1 aromatic rings. The van der Waals surface area contributed by atoms with Crippen LogP contribution < -0.4 is 5.32 Å². The molecule has 1 N–H and O–H groups in total. The first-order valence-corrected chi connectivity index (χ1v) is 8.30. The van der Waals surface area contributed by atoms with E-state index < -0.39 is 0 Å². The normalized spacial score (nSPS) is 19.4. The van der Waals surface area contributed by atoms with Crippen LogP contribution in [0.15, 0.2) is 4.52 Å². The summed E-state index contributed by atoms with van der Waals surface area (Å²) in [5.41, 5.74) is 0. The summed E-state index contributed by atoms with van der Waals surface area (Å²) in [6.45, 7) is 7.60. The van der Waals surface area contributed by atoms with Crippen molar-refractivity contribution in [2.75, 3.05) is 6.54 Å². The van der Waals surface area contributed by atoms with E-state index >= 15 is 0 Å². The van der Waals surface area contributed by atoms with Crippen molar-refractivity contribution in [1.82, 2.24) is 15.5 Å². The number of aromatic nitrogens is 2. The van der Waals surface area contributed by atoms with Crippen LogP contribution in [-0.2, 0) is 6.42 Å². The van der Waals surface area contributed by atoms with Crippen LogP contribution in [0.1, 0.15) is 76.9 Å². The van der Waals surface area contributed by atoms with Gasteiger partial charge in [0.25, 0.3) is 0 Å². The van der Waals surface area contributed by atoms with Crippen molar-refractivity contribution in [3.63, 3.8) is 0 Å². The molecule has 0 radical (unpaired) electrons. The quantitative estimate of drug-likeness (QED) is 0.788. The lowest BCUT2D eigenvalue weighted by molar-refractivity contribution is 0.306. The van der Waals surface area contributed by atoms with Gasteiger partial charge >= 0.3 is 0 Å². The van der Waals surface area contributed by atoms with Gasteiger partial charge in [0.05, 0.1) is 0 Å². The second-order valence-corrected chi connectivity index (χ2v) is 6.16. The van der Waals surface area contributed by atoms with Crippen LogP contribution in [0.3, 0.4) is 0 Å². The fourth-order valence-corrected chi connectivity index (χ4v) is 3.02. The molecule has 4 heteroatoms. The lowest BCUT2D eigenvalue weighted by Crippen LogP contribution is -2.37. The van der Waals surface area contributed by atoms with E-state index in [1.165, 1.54) is 32.1 Å². The first kappa shape index (κ1) is 15.5. The summed E-state index contributed by atoms with van der Waals surface area (Å²) in [6, 6.07) is 0.502. The fraction of sp³-hybridized carbons (Fsp3) is 0.875. The molecule has 0 saturated heterocycles. The Morgan fingerprint density at radius 2 is 2.05 bits per heavy atom. The minimum absolute atomic E-state index is 0.390. The molecule has 2 unspecified atom stereocenters. The van der Waals surface area contributed by atoms with Crippen molar-refractivity contribution in [3.8, 4) is 0 Å². The Hall–Kier alpha value is -0.900. The minimum atomic E-state index is 0.390. The van der Waals surface area contributed by atoms with Crippen LogP contribution in [0, 0.1) is 5.92 Å². The molecule has 20 heavy (non-hydrogen) atoms. The van der Waals surface area contributed by atoms with Crippen LogP contribution in [0.4, 0.5) is 0 Å². The van der Waals surface area contributed by atoms with E-state index in [0.717, 1.165) is 37.0 Å². The molecule has 1 heterocycles. The topological polar surface area (TPSA) is 51.0 Å². The van der Waals surface area contributed by atoms with Crippen LogP contribution in [-0.4, -0.2) is 22.7 Å². The Morgan fingerprint density at radius 1 is 1.30 bits per heavy atom. The molecule has 1 aromatic heterocycles. The monoisotopic (exact) mass is 279 g/mol. The molecule has 0 bridgehead atoms. The van der Waals surface area contributed by atoms with Gasteiger partial charge in [0.15, 0.2) is 5.82 Å². The van der Waals surface area contributed by atoms with E-state index in [2.05, 4.69) is 36.2 Å². The number of nitrogens with one attached hydrogen (secondary N) is 1. The average Bonchev–Trinajstić information content (AvgIpc) is 3.13. The molecular weight excluding hydrogens is 250 g/mol. The Kier molecular flexibility index (Phi) is 6.02. The van der Waals surface area contributed by atoms with Gasteiger partial charge in [0.2, 0.25) is 5.89 Å². The predicted molar refractivity (Wildman–Crippen MR) is 80.7 cm³/mol. The molecule has 0 aliphatic heterocycles. The molecule has 2 atom stereocenters. The third-order valence-electron chi connectivity index (χ3n) is 4.56. The molecule has 114 valence electrons. The summed E-state index contributed by atoms with van der Waals surface area (Å²) in [5, 5.41) is 7.82. The van der Waals surface area contributed by atoms with E-state index in [1.54, 1.807) is 0 Å². The third kappa shape index (κ3) is 4.05. The maximum Gasteiger partial charge on any atom is 0.228 e. The Bertz CT molecular complexity index is 385. The highest BCUT2D eigenvalue weighted by Gasteiger charge is 2.26. The zero-order chi connectivity index (χ0) is 14.4. The maximum absolute atomic E-state index is 5.46. The number of hydrogen-bond acceptors (Lipinski definition) is 4. The van der Waals surface area contributed by atoms with Gasteiger partial charge in [0, 0.05) is 18.4 Å². The largest absolute Gasteiger partial charge is 0.339 e. The van der Waals surface area contributed by atoms with Gasteiger partial charge in [-0.25, -0.2) is 0 Å². The maximum atomic E-state index is 5.46. The highest BCUT2D eigenvalue weighted by Crippen LogP contribution is 2.29.